The van der Waals surface area contributed by atoms with Crippen LogP contribution in [0, 0.1) is 6.92 Å². The van der Waals surface area contributed by atoms with Crippen molar-refractivity contribution in [2.75, 3.05) is 51.8 Å². The predicted molar refractivity (Wildman–Crippen MR) is 88.8 cm³/mol. The summed E-state index contributed by atoms with van der Waals surface area (Å²) in [5.74, 6) is 1.72. The summed E-state index contributed by atoms with van der Waals surface area (Å²) < 4.78 is 10.8. The average Bonchev–Trinajstić information content (AvgIpc) is 2.55. The number of hydrogen-bond donors (Lipinski definition) is 1. The van der Waals surface area contributed by atoms with Crippen molar-refractivity contribution in [2.45, 2.75) is 6.92 Å². The number of pyridine rings is 1. The Hall–Kier alpha value is -1.85. The first kappa shape index (κ1) is 15.1. The van der Waals surface area contributed by atoms with E-state index in [9.17, 15) is 0 Å². The Balaban J connectivity index is 1.71. The van der Waals surface area contributed by atoms with Crippen molar-refractivity contribution in [3.63, 3.8) is 0 Å². The molecule has 1 aromatic carbocycles. The molecule has 5 nitrogen and oxygen atoms in total. The third-order valence-corrected chi connectivity index (χ3v) is 4.07. The number of fused-ring (bicyclic) bond motifs is 1. The molecule has 1 aromatic heterocycles. The third-order valence-electron chi connectivity index (χ3n) is 4.07. The zero-order chi connectivity index (χ0) is 15.4. The molecule has 0 amide bonds. The fourth-order valence-electron chi connectivity index (χ4n) is 2.81. The van der Waals surface area contributed by atoms with Gasteiger partial charge in [0.05, 0.1) is 20.3 Å². The lowest BCUT2D eigenvalue weighted by Gasteiger charge is -2.26. The first-order chi connectivity index (χ1) is 10.8. The Bertz CT molecular complexity index is 639. The van der Waals surface area contributed by atoms with Gasteiger partial charge in [0.2, 0.25) is 0 Å². The van der Waals surface area contributed by atoms with Crippen molar-refractivity contribution in [1.29, 1.82) is 0 Å². The third kappa shape index (κ3) is 3.31. The van der Waals surface area contributed by atoms with Gasteiger partial charge < -0.3 is 14.8 Å². The van der Waals surface area contributed by atoms with Crippen LogP contribution in [0.25, 0.3) is 10.9 Å². The number of nitrogens with one attached hydrogen (secondary N) is 1. The summed E-state index contributed by atoms with van der Waals surface area (Å²) in [5, 5.41) is 4.56. The Labute approximate surface area is 131 Å². The molecule has 0 atom stereocenters. The summed E-state index contributed by atoms with van der Waals surface area (Å²) in [5.41, 5.74) is 2.12. The lowest BCUT2D eigenvalue weighted by molar-refractivity contribution is 0.0398. The number of nitrogens with zero attached hydrogens (tertiary/aromatic N) is 2. The number of hydrogen-bond acceptors (Lipinski definition) is 5. The van der Waals surface area contributed by atoms with E-state index < -0.39 is 0 Å². The molecule has 0 unspecified atom stereocenters. The molecule has 1 fully saturated rings. The maximum Gasteiger partial charge on any atom is 0.145 e. The molecular weight excluding hydrogens is 278 g/mol. The van der Waals surface area contributed by atoms with Gasteiger partial charge in [0.15, 0.2) is 0 Å². The fourth-order valence-corrected chi connectivity index (χ4v) is 2.81. The van der Waals surface area contributed by atoms with Crippen molar-refractivity contribution in [1.82, 2.24) is 9.88 Å². The maximum atomic E-state index is 5.42. The molecule has 0 saturated carbocycles. The van der Waals surface area contributed by atoms with Crippen LogP contribution in [0.15, 0.2) is 24.3 Å². The van der Waals surface area contributed by atoms with Crippen LogP contribution in [-0.2, 0) is 4.74 Å². The largest absolute Gasteiger partial charge is 0.494 e. The lowest BCUT2D eigenvalue weighted by atomic mass is 10.1. The van der Waals surface area contributed by atoms with Gasteiger partial charge in [0.1, 0.15) is 17.1 Å². The van der Waals surface area contributed by atoms with E-state index in [1.54, 1.807) is 7.11 Å². The van der Waals surface area contributed by atoms with Gasteiger partial charge >= 0.3 is 0 Å². The Morgan fingerprint density at radius 2 is 2.14 bits per heavy atom. The Morgan fingerprint density at radius 1 is 1.32 bits per heavy atom. The molecule has 1 N–H and O–H groups in total. The second-order valence-electron chi connectivity index (χ2n) is 5.56. The van der Waals surface area contributed by atoms with E-state index in [0.717, 1.165) is 61.9 Å². The van der Waals surface area contributed by atoms with Crippen LogP contribution in [-0.4, -0.2) is 56.4 Å². The van der Waals surface area contributed by atoms with E-state index in [1.807, 2.05) is 12.1 Å². The number of aromatic nitrogens is 1. The van der Waals surface area contributed by atoms with Crippen molar-refractivity contribution in [3.05, 3.63) is 29.8 Å². The van der Waals surface area contributed by atoms with Gasteiger partial charge in [-0.25, -0.2) is 4.98 Å². The molecule has 0 spiro atoms. The summed E-state index contributed by atoms with van der Waals surface area (Å²) >= 11 is 0. The molecule has 1 aliphatic rings. The summed E-state index contributed by atoms with van der Waals surface area (Å²) in [6.07, 6.45) is 0. The van der Waals surface area contributed by atoms with Crippen LogP contribution in [0.5, 0.6) is 5.75 Å². The highest BCUT2D eigenvalue weighted by atomic mass is 16.5. The monoisotopic (exact) mass is 301 g/mol. The molecule has 0 bridgehead atoms. The summed E-state index contributed by atoms with van der Waals surface area (Å²) in [6, 6.07) is 8.13. The fraction of sp³-hybridized carbons (Fsp3) is 0.471. The average molecular weight is 301 g/mol. The minimum absolute atomic E-state index is 0.817. The van der Waals surface area contributed by atoms with E-state index >= 15 is 0 Å². The molecule has 2 aromatic rings. The standard InChI is InChI=1S/C17H23N3O2/c1-13-12-16(18-6-7-20-8-10-22-11-9-20)19-17-14(13)4-3-5-15(17)21-2/h3-5,12H,6-11H2,1-2H3,(H,18,19). The Kier molecular flexibility index (Phi) is 4.75. The zero-order valence-electron chi connectivity index (χ0n) is 13.3. The van der Waals surface area contributed by atoms with Crippen molar-refractivity contribution >= 4 is 16.7 Å². The van der Waals surface area contributed by atoms with Crippen LogP contribution < -0.4 is 10.1 Å². The quantitative estimate of drug-likeness (QED) is 0.918. The summed E-state index contributed by atoms with van der Waals surface area (Å²) in [4.78, 5) is 7.12. The minimum Gasteiger partial charge on any atom is -0.494 e. The molecule has 0 radical (unpaired) electrons. The predicted octanol–water partition coefficient (Wildman–Crippen LogP) is 2.30. The highest BCUT2D eigenvalue weighted by molar-refractivity contribution is 5.88. The van der Waals surface area contributed by atoms with Crippen LogP contribution in [0.4, 0.5) is 5.82 Å². The SMILES string of the molecule is COc1cccc2c(C)cc(NCCN3CCOCC3)nc12. The number of rotatable bonds is 5. The number of morpholine rings is 1. The second-order valence-corrected chi connectivity index (χ2v) is 5.56. The normalized spacial score (nSPS) is 15.9. The molecule has 118 valence electrons. The van der Waals surface area contributed by atoms with Crippen LogP contribution in [0.2, 0.25) is 0 Å². The zero-order valence-corrected chi connectivity index (χ0v) is 13.3. The molecule has 1 aliphatic heterocycles. The van der Waals surface area contributed by atoms with Gasteiger partial charge in [0, 0.05) is 31.6 Å². The highest BCUT2D eigenvalue weighted by Crippen LogP contribution is 2.27. The van der Waals surface area contributed by atoms with Gasteiger partial charge in [-0.15, -0.1) is 0 Å². The minimum atomic E-state index is 0.817. The molecule has 2 heterocycles. The van der Waals surface area contributed by atoms with Crippen LogP contribution >= 0.6 is 0 Å². The smallest absolute Gasteiger partial charge is 0.145 e. The molecule has 1 saturated heterocycles. The summed E-state index contributed by atoms with van der Waals surface area (Å²) in [7, 11) is 1.68. The van der Waals surface area contributed by atoms with Crippen molar-refractivity contribution in [2.24, 2.45) is 0 Å². The molecular formula is C17H23N3O2. The van der Waals surface area contributed by atoms with Crippen LogP contribution in [0.3, 0.4) is 0 Å². The number of aryl methyl sites for hydroxylation is 1. The first-order valence-corrected chi connectivity index (χ1v) is 7.76. The van der Waals surface area contributed by atoms with Gasteiger partial charge in [-0.1, -0.05) is 12.1 Å². The van der Waals surface area contributed by atoms with E-state index in [4.69, 9.17) is 14.5 Å². The Morgan fingerprint density at radius 3 is 2.91 bits per heavy atom. The molecule has 22 heavy (non-hydrogen) atoms. The summed E-state index contributed by atoms with van der Waals surface area (Å²) in [6.45, 7) is 7.70. The molecule has 3 rings (SSSR count). The van der Waals surface area contributed by atoms with E-state index in [1.165, 1.54) is 5.56 Å². The van der Waals surface area contributed by atoms with Crippen LogP contribution in [0.1, 0.15) is 5.56 Å². The van der Waals surface area contributed by atoms with E-state index in [0.29, 0.717) is 0 Å². The van der Waals surface area contributed by atoms with Crippen molar-refractivity contribution in [3.8, 4) is 5.75 Å². The molecule has 0 aliphatic carbocycles. The van der Waals surface area contributed by atoms with E-state index in [-0.39, 0.29) is 0 Å². The van der Waals surface area contributed by atoms with E-state index in [2.05, 4.69) is 29.3 Å². The number of ether oxygens (including phenoxy) is 2. The number of anilines is 1. The lowest BCUT2D eigenvalue weighted by Crippen LogP contribution is -2.39. The molecule has 5 heteroatoms. The van der Waals surface area contributed by atoms with Gasteiger partial charge in [-0.05, 0) is 24.6 Å². The maximum absolute atomic E-state index is 5.42. The highest BCUT2D eigenvalue weighted by Gasteiger charge is 2.10. The second kappa shape index (κ2) is 6.94. The number of para-hydroxylation sites is 1. The number of benzene rings is 1. The van der Waals surface area contributed by atoms with Crippen molar-refractivity contribution < 1.29 is 9.47 Å². The van der Waals surface area contributed by atoms with Gasteiger partial charge in [0.25, 0.3) is 0 Å². The first-order valence-electron chi connectivity index (χ1n) is 7.76. The topological polar surface area (TPSA) is 46.6 Å². The van der Waals surface area contributed by atoms with Gasteiger partial charge in [-0.3, -0.25) is 4.90 Å². The van der Waals surface area contributed by atoms with Gasteiger partial charge in [-0.2, -0.15) is 0 Å². The number of methoxy groups -OCH3 is 1.